The van der Waals surface area contributed by atoms with Crippen molar-refractivity contribution < 1.29 is 4.74 Å². The van der Waals surface area contributed by atoms with Gasteiger partial charge in [0.1, 0.15) is 3.70 Å². The molecule has 3 rings (SSSR count). The Morgan fingerprint density at radius 2 is 2.18 bits per heavy atom. The molecular weight excluding hydrogens is 329 g/mol. The van der Waals surface area contributed by atoms with Crippen LogP contribution in [0.15, 0.2) is 12.3 Å². The standard InChI is InChI=1S/C12H16IN3O/c13-10-3-6-14-11(15-10)16-7-8-17-12(9-16)4-1-2-5-12/h3,6H,1-2,4-5,7-9H2. The van der Waals surface area contributed by atoms with Gasteiger partial charge in [0.05, 0.1) is 12.2 Å². The highest BCUT2D eigenvalue weighted by Crippen LogP contribution is 2.36. The number of ether oxygens (including phenoxy) is 1. The minimum Gasteiger partial charge on any atom is -0.371 e. The molecule has 0 atom stereocenters. The van der Waals surface area contributed by atoms with Crippen molar-refractivity contribution in [3.63, 3.8) is 0 Å². The number of hydrogen-bond acceptors (Lipinski definition) is 4. The first-order valence-electron chi connectivity index (χ1n) is 6.15. The van der Waals surface area contributed by atoms with Crippen LogP contribution in [0.25, 0.3) is 0 Å². The molecule has 0 N–H and O–H groups in total. The zero-order valence-corrected chi connectivity index (χ0v) is 11.9. The van der Waals surface area contributed by atoms with E-state index in [4.69, 9.17) is 4.74 Å². The van der Waals surface area contributed by atoms with Gasteiger partial charge < -0.3 is 9.64 Å². The summed E-state index contributed by atoms with van der Waals surface area (Å²) in [6.07, 6.45) is 6.80. The van der Waals surface area contributed by atoms with E-state index in [-0.39, 0.29) is 5.60 Å². The van der Waals surface area contributed by atoms with E-state index in [2.05, 4.69) is 37.5 Å². The van der Waals surface area contributed by atoms with E-state index in [0.717, 1.165) is 29.3 Å². The summed E-state index contributed by atoms with van der Waals surface area (Å²) >= 11 is 2.23. The summed E-state index contributed by atoms with van der Waals surface area (Å²) < 4.78 is 7.01. The smallest absolute Gasteiger partial charge is 0.226 e. The van der Waals surface area contributed by atoms with Gasteiger partial charge in [-0.05, 0) is 41.5 Å². The van der Waals surface area contributed by atoms with E-state index >= 15 is 0 Å². The minimum absolute atomic E-state index is 0.0862. The van der Waals surface area contributed by atoms with E-state index in [1.165, 1.54) is 25.7 Å². The van der Waals surface area contributed by atoms with Crippen LogP contribution in [0, 0.1) is 3.70 Å². The molecule has 1 saturated carbocycles. The largest absolute Gasteiger partial charge is 0.371 e. The lowest BCUT2D eigenvalue weighted by atomic mass is 10.00. The average molecular weight is 345 g/mol. The van der Waals surface area contributed by atoms with Gasteiger partial charge in [0.2, 0.25) is 5.95 Å². The van der Waals surface area contributed by atoms with E-state index < -0.39 is 0 Å². The molecule has 4 nitrogen and oxygen atoms in total. The second-order valence-electron chi connectivity index (χ2n) is 4.84. The molecule has 5 heteroatoms. The molecule has 1 saturated heterocycles. The Kier molecular flexibility index (Phi) is 3.21. The third-order valence-electron chi connectivity index (χ3n) is 3.65. The lowest BCUT2D eigenvalue weighted by molar-refractivity contribution is -0.0505. The number of halogens is 1. The maximum Gasteiger partial charge on any atom is 0.226 e. The minimum atomic E-state index is 0.0862. The third kappa shape index (κ3) is 2.40. The van der Waals surface area contributed by atoms with Gasteiger partial charge >= 0.3 is 0 Å². The normalized spacial score (nSPS) is 23.2. The fourth-order valence-corrected chi connectivity index (χ4v) is 3.19. The third-order valence-corrected chi connectivity index (χ3v) is 4.26. The fourth-order valence-electron chi connectivity index (χ4n) is 2.82. The summed E-state index contributed by atoms with van der Waals surface area (Å²) in [7, 11) is 0. The van der Waals surface area contributed by atoms with Gasteiger partial charge in [0.25, 0.3) is 0 Å². The van der Waals surface area contributed by atoms with Crippen molar-refractivity contribution in [2.75, 3.05) is 24.6 Å². The van der Waals surface area contributed by atoms with Crippen molar-refractivity contribution in [1.82, 2.24) is 9.97 Å². The van der Waals surface area contributed by atoms with Crippen LogP contribution < -0.4 is 4.90 Å². The summed E-state index contributed by atoms with van der Waals surface area (Å²) in [5.74, 6) is 0.853. The molecule has 0 amide bonds. The Hall–Kier alpha value is -0.430. The maximum atomic E-state index is 6.01. The van der Waals surface area contributed by atoms with Crippen molar-refractivity contribution in [2.45, 2.75) is 31.3 Å². The van der Waals surface area contributed by atoms with Crippen LogP contribution in [0.5, 0.6) is 0 Å². The Balaban J connectivity index is 1.79. The fraction of sp³-hybridized carbons (Fsp3) is 0.667. The Bertz CT molecular complexity index is 406. The van der Waals surface area contributed by atoms with Crippen molar-refractivity contribution in [2.24, 2.45) is 0 Å². The van der Waals surface area contributed by atoms with E-state index in [1.54, 1.807) is 0 Å². The Labute approximate surface area is 115 Å². The van der Waals surface area contributed by atoms with Crippen molar-refractivity contribution >= 4 is 28.5 Å². The van der Waals surface area contributed by atoms with Gasteiger partial charge in [-0.15, -0.1) is 0 Å². The molecule has 92 valence electrons. The molecule has 2 heterocycles. The van der Waals surface area contributed by atoms with E-state index in [0.29, 0.717) is 0 Å². The number of aromatic nitrogens is 2. The molecule has 1 aliphatic heterocycles. The van der Waals surface area contributed by atoms with Gasteiger partial charge in [-0.1, -0.05) is 12.8 Å². The summed E-state index contributed by atoms with van der Waals surface area (Å²) in [4.78, 5) is 11.1. The van der Waals surface area contributed by atoms with Crippen molar-refractivity contribution in [1.29, 1.82) is 0 Å². The van der Waals surface area contributed by atoms with Crippen molar-refractivity contribution in [3.05, 3.63) is 16.0 Å². The molecule has 1 aliphatic carbocycles. The zero-order chi connectivity index (χ0) is 11.7. The Morgan fingerprint density at radius 1 is 1.35 bits per heavy atom. The predicted octanol–water partition coefficient (Wildman–Crippen LogP) is 2.23. The summed E-state index contributed by atoms with van der Waals surface area (Å²) in [6, 6.07) is 1.93. The zero-order valence-electron chi connectivity index (χ0n) is 9.73. The second kappa shape index (κ2) is 4.68. The highest BCUT2D eigenvalue weighted by atomic mass is 127. The number of morpholine rings is 1. The maximum absolute atomic E-state index is 6.01. The monoisotopic (exact) mass is 345 g/mol. The van der Waals surface area contributed by atoms with Crippen LogP contribution >= 0.6 is 22.6 Å². The second-order valence-corrected chi connectivity index (χ2v) is 5.94. The number of nitrogens with zero attached hydrogens (tertiary/aromatic N) is 3. The van der Waals surface area contributed by atoms with Crippen LogP contribution in [0.2, 0.25) is 0 Å². The lowest BCUT2D eigenvalue weighted by Gasteiger charge is -2.40. The first kappa shape index (κ1) is 11.6. The van der Waals surface area contributed by atoms with Crippen LogP contribution in [-0.2, 0) is 4.74 Å². The summed E-state index contributed by atoms with van der Waals surface area (Å²) in [6.45, 7) is 2.66. The van der Waals surface area contributed by atoms with Gasteiger partial charge in [0.15, 0.2) is 0 Å². The molecule has 0 radical (unpaired) electrons. The molecule has 1 aromatic rings. The molecular formula is C12H16IN3O. The van der Waals surface area contributed by atoms with Crippen LogP contribution in [0.3, 0.4) is 0 Å². The average Bonchev–Trinajstić information content (AvgIpc) is 2.77. The van der Waals surface area contributed by atoms with Gasteiger partial charge in [-0.2, -0.15) is 0 Å². The summed E-state index contributed by atoms with van der Waals surface area (Å²) in [5.41, 5.74) is 0.0862. The first-order valence-corrected chi connectivity index (χ1v) is 7.23. The topological polar surface area (TPSA) is 38.2 Å². The quantitative estimate of drug-likeness (QED) is 0.578. The lowest BCUT2D eigenvalue weighted by Crippen LogP contribution is -2.51. The van der Waals surface area contributed by atoms with Crippen LogP contribution in [0.4, 0.5) is 5.95 Å². The van der Waals surface area contributed by atoms with E-state index in [1.807, 2.05) is 12.3 Å². The molecule has 0 bridgehead atoms. The molecule has 17 heavy (non-hydrogen) atoms. The highest BCUT2D eigenvalue weighted by Gasteiger charge is 2.39. The van der Waals surface area contributed by atoms with Crippen LogP contribution in [0.1, 0.15) is 25.7 Å². The van der Waals surface area contributed by atoms with Gasteiger partial charge in [0, 0.05) is 19.3 Å². The van der Waals surface area contributed by atoms with Crippen LogP contribution in [-0.4, -0.2) is 35.3 Å². The Morgan fingerprint density at radius 3 is 2.94 bits per heavy atom. The summed E-state index contributed by atoms with van der Waals surface area (Å²) in [5, 5.41) is 0. The molecule has 1 spiro atoms. The SMILES string of the molecule is Ic1ccnc(N2CCOC3(CCCC3)C2)n1. The number of rotatable bonds is 1. The predicted molar refractivity (Wildman–Crippen MR) is 74.1 cm³/mol. The number of anilines is 1. The van der Waals surface area contributed by atoms with E-state index in [9.17, 15) is 0 Å². The molecule has 2 aliphatic rings. The molecule has 2 fully saturated rings. The van der Waals surface area contributed by atoms with Gasteiger partial charge in [-0.25, -0.2) is 9.97 Å². The molecule has 0 unspecified atom stereocenters. The number of hydrogen-bond donors (Lipinski definition) is 0. The highest BCUT2D eigenvalue weighted by molar-refractivity contribution is 14.1. The first-order chi connectivity index (χ1) is 8.27. The van der Waals surface area contributed by atoms with Crippen molar-refractivity contribution in [3.8, 4) is 0 Å². The molecule has 0 aromatic carbocycles. The van der Waals surface area contributed by atoms with Gasteiger partial charge in [-0.3, -0.25) is 0 Å². The molecule has 1 aromatic heterocycles.